The second-order valence-electron chi connectivity index (χ2n) is 4.03. The van der Waals surface area contributed by atoms with Gasteiger partial charge >= 0.3 is 5.97 Å². The van der Waals surface area contributed by atoms with Crippen molar-refractivity contribution in [1.29, 1.82) is 0 Å². The minimum Gasteiger partial charge on any atom is -0.449 e. The molecule has 1 N–H and O–H groups in total. The molecule has 0 aliphatic carbocycles. The van der Waals surface area contributed by atoms with Crippen LogP contribution in [-0.2, 0) is 23.8 Å². The number of cyclic esters (lactones) is 1. The maximum atomic E-state index is 11.4. The van der Waals surface area contributed by atoms with Crippen molar-refractivity contribution in [3.8, 4) is 0 Å². The number of aliphatic hydroxyl groups is 1. The lowest BCUT2D eigenvalue weighted by atomic mass is 10.1. The van der Waals surface area contributed by atoms with Crippen molar-refractivity contribution in [3.63, 3.8) is 0 Å². The number of ketones is 1. The molecule has 2 saturated heterocycles. The highest BCUT2D eigenvalue weighted by molar-refractivity contribution is 6.09. The zero-order chi connectivity index (χ0) is 11.2. The summed E-state index contributed by atoms with van der Waals surface area (Å²) in [5.74, 6) is -2.37. The standard InChI is InChI=1S/C9H12O6/c1-9(2)13-3-4(15-9)7-5(10)6(11)8(12)14-7/h4,6-7,11H,3H2,1-2H3. The van der Waals surface area contributed by atoms with Gasteiger partial charge in [-0.05, 0) is 13.8 Å². The van der Waals surface area contributed by atoms with E-state index < -0.39 is 35.9 Å². The minimum absolute atomic E-state index is 0.170. The number of carbonyl (C=O) groups is 2. The van der Waals surface area contributed by atoms with E-state index in [1.54, 1.807) is 13.8 Å². The van der Waals surface area contributed by atoms with Gasteiger partial charge in [-0.15, -0.1) is 0 Å². The van der Waals surface area contributed by atoms with Gasteiger partial charge < -0.3 is 19.3 Å². The number of hydrogen-bond acceptors (Lipinski definition) is 6. The maximum Gasteiger partial charge on any atom is 0.343 e. The first-order valence-corrected chi connectivity index (χ1v) is 4.65. The van der Waals surface area contributed by atoms with Crippen LogP contribution in [0.2, 0.25) is 0 Å². The zero-order valence-corrected chi connectivity index (χ0v) is 8.43. The molecule has 6 heteroatoms. The molecule has 84 valence electrons. The second-order valence-corrected chi connectivity index (χ2v) is 4.03. The lowest BCUT2D eigenvalue weighted by Gasteiger charge is -2.18. The van der Waals surface area contributed by atoms with Crippen LogP contribution >= 0.6 is 0 Å². The zero-order valence-electron chi connectivity index (χ0n) is 8.43. The van der Waals surface area contributed by atoms with Crippen LogP contribution in [0.4, 0.5) is 0 Å². The average Bonchev–Trinajstić information content (AvgIpc) is 2.62. The largest absolute Gasteiger partial charge is 0.449 e. The summed E-state index contributed by atoms with van der Waals surface area (Å²) in [6.07, 6.45) is -3.36. The Balaban J connectivity index is 2.08. The number of ether oxygens (including phenoxy) is 3. The summed E-state index contributed by atoms with van der Waals surface area (Å²) >= 11 is 0. The van der Waals surface area contributed by atoms with Crippen molar-refractivity contribution < 1.29 is 28.9 Å². The normalized spacial score (nSPS) is 39.5. The van der Waals surface area contributed by atoms with Gasteiger partial charge in [-0.1, -0.05) is 0 Å². The maximum absolute atomic E-state index is 11.4. The molecule has 2 fully saturated rings. The predicted octanol–water partition coefficient (Wildman–Crippen LogP) is -1.01. The summed E-state index contributed by atoms with van der Waals surface area (Å²) in [5.41, 5.74) is 0. The number of carbonyl (C=O) groups excluding carboxylic acids is 2. The molecule has 0 saturated carbocycles. The summed E-state index contributed by atoms with van der Waals surface area (Å²) in [4.78, 5) is 22.3. The van der Waals surface area contributed by atoms with E-state index in [9.17, 15) is 9.59 Å². The van der Waals surface area contributed by atoms with Gasteiger partial charge in [0.1, 0.15) is 6.10 Å². The van der Waals surface area contributed by atoms with Crippen molar-refractivity contribution in [2.24, 2.45) is 0 Å². The number of Topliss-reactive ketones (excluding diaryl/α,β-unsaturated/α-hetero) is 1. The van der Waals surface area contributed by atoms with Gasteiger partial charge in [0.05, 0.1) is 6.61 Å². The fraction of sp³-hybridized carbons (Fsp3) is 0.778. The molecular formula is C9H12O6. The minimum atomic E-state index is -1.68. The van der Waals surface area contributed by atoms with Crippen molar-refractivity contribution in [1.82, 2.24) is 0 Å². The fourth-order valence-electron chi connectivity index (χ4n) is 1.64. The molecule has 3 unspecified atom stereocenters. The van der Waals surface area contributed by atoms with Crippen LogP contribution in [0, 0.1) is 0 Å². The molecule has 2 heterocycles. The Bertz CT molecular complexity index is 310. The first-order chi connectivity index (χ1) is 6.91. The van der Waals surface area contributed by atoms with Gasteiger partial charge in [0.15, 0.2) is 11.9 Å². The highest BCUT2D eigenvalue weighted by atomic mass is 16.8. The van der Waals surface area contributed by atoms with E-state index in [1.165, 1.54) is 0 Å². The van der Waals surface area contributed by atoms with Crippen LogP contribution in [0.15, 0.2) is 0 Å². The molecule has 0 radical (unpaired) electrons. The first kappa shape index (κ1) is 10.5. The van der Waals surface area contributed by atoms with E-state index in [4.69, 9.17) is 19.3 Å². The van der Waals surface area contributed by atoms with Crippen LogP contribution in [0.1, 0.15) is 13.8 Å². The molecule has 2 rings (SSSR count). The Morgan fingerprint density at radius 2 is 2.07 bits per heavy atom. The van der Waals surface area contributed by atoms with E-state index in [-0.39, 0.29) is 6.61 Å². The molecule has 3 atom stereocenters. The molecule has 0 aromatic rings. The summed E-state index contributed by atoms with van der Waals surface area (Å²) in [5, 5.41) is 9.11. The molecule has 0 spiro atoms. The molecule has 0 amide bonds. The van der Waals surface area contributed by atoms with E-state index in [0.717, 1.165) is 0 Å². The Morgan fingerprint density at radius 1 is 1.40 bits per heavy atom. The molecular weight excluding hydrogens is 204 g/mol. The van der Waals surface area contributed by atoms with Gasteiger partial charge in [0.2, 0.25) is 11.9 Å². The Kier molecular flexibility index (Phi) is 2.29. The Morgan fingerprint density at radius 3 is 2.47 bits per heavy atom. The molecule has 0 aromatic carbocycles. The summed E-state index contributed by atoms with van der Waals surface area (Å²) in [7, 11) is 0. The summed E-state index contributed by atoms with van der Waals surface area (Å²) in [6, 6.07) is 0. The molecule has 6 nitrogen and oxygen atoms in total. The highest BCUT2D eigenvalue weighted by Gasteiger charge is 2.50. The number of esters is 1. The molecule has 0 bridgehead atoms. The van der Waals surface area contributed by atoms with Gasteiger partial charge in [0, 0.05) is 0 Å². The quantitative estimate of drug-likeness (QED) is 0.447. The third-order valence-corrected chi connectivity index (χ3v) is 2.38. The van der Waals surface area contributed by atoms with E-state index in [1.807, 2.05) is 0 Å². The second kappa shape index (κ2) is 3.26. The Hall–Kier alpha value is -0.980. The van der Waals surface area contributed by atoms with Crippen LogP contribution < -0.4 is 0 Å². The average molecular weight is 216 g/mol. The molecule has 15 heavy (non-hydrogen) atoms. The first-order valence-electron chi connectivity index (χ1n) is 4.65. The van der Waals surface area contributed by atoms with Crippen molar-refractivity contribution in [3.05, 3.63) is 0 Å². The third kappa shape index (κ3) is 1.75. The third-order valence-electron chi connectivity index (χ3n) is 2.38. The SMILES string of the molecule is CC1(C)OCC(C2OC(=O)C(O)C2=O)O1. The Labute approximate surface area is 86.1 Å². The smallest absolute Gasteiger partial charge is 0.343 e. The van der Waals surface area contributed by atoms with E-state index in [2.05, 4.69) is 0 Å². The summed E-state index contributed by atoms with van der Waals surface area (Å²) in [6.45, 7) is 3.57. The summed E-state index contributed by atoms with van der Waals surface area (Å²) < 4.78 is 15.3. The van der Waals surface area contributed by atoms with E-state index >= 15 is 0 Å². The van der Waals surface area contributed by atoms with Crippen molar-refractivity contribution >= 4 is 11.8 Å². The molecule has 2 aliphatic heterocycles. The molecule has 2 aliphatic rings. The lowest BCUT2D eigenvalue weighted by molar-refractivity contribution is -0.164. The van der Waals surface area contributed by atoms with Crippen LogP contribution in [0.25, 0.3) is 0 Å². The van der Waals surface area contributed by atoms with Crippen LogP contribution in [-0.4, -0.2) is 47.6 Å². The number of hydrogen-bond donors (Lipinski definition) is 1. The van der Waals surface area contributed by atoms with Crippen LogP contribution in [0.5, 0.6) is 0 Å². The number of rotatable bonds is 1. The van der Waals surface area contributed by atoms with Crippen molar-refractivity contribution in [2.45, 2.75) is 37.9 Å². The predicted molar refractivity (Wildman–Crippen MR) is 45.8 cm³/mol. The lowest BCUT2D eigenvalue weighted by Crippen LogP contribution is -2.37. The van der Waals surface area contributed by atoms with Gasteiger partial charge in [0.25, 0.3) is 0 Å². The monoisotopic (exact) mass is 216 g/mol. The van der Waals surface area contributed by atoms with Crippen molar-refractivity contribution in [2.75, 3.05) is 6.61 Å². The number of aliphatic hydroxyl groups excluding tert-OH is 1. The van der Waals surface area contributed by atoms with Gasteiger partial charge in [-0.3, -0.25) is 4.79 Å². The molecule has 0 aromatic heterocycles. The van der Waals surface area contributed by atoms with Crippen LogP contribution in [0.3, 0.4) is 0 Å². The fourth-order valence-corrected chi connectivity index (χ4v) is 1.64. The van der Waals surface area contributed by atoms with Gasteiger partial charge in [-0.25, -0.2) is 4.79 Å². The van der Waals surface area contributed by atoms with Gasteiger partial charge in [-0.2, -0.15) is 0 Å². The highest BCUT2D eigenvalue weighted by Crippen LogP contribution is 2.28. The topological polar surface area (TPSA) is 82.1 Å². The van der Waals surface area contributed by atoms with E-state index in [0.29, 0.717) is 0 Å².